The molecule has 0 spiro atoms. The maximum Gasteiger partial charge on any atom is 0.337 e. The number of allylic oxidation sites excluding steroid dienone is 2. The molecule has 156 valence electrons. The third-order valence-corrected chi connectivity index (χ3v) is 5.10. The van der Waals surface area contributed by atoms with Gasteiger partial charge in [-0.2, -0.15) is 0 Å². The summed E-state index contributed by atoms with van der Waals surface area (Å²) in [6.07, 6.45) is 1.48. The maximum absolute atomic E-state index is 12.9. The lowest BCUT2D eigenvalue weighted by molar-refractivity contribution is -0.138. The molecule has 1 aromatic rings. The largest absolute Gasteiger partial charge is 0.493 e. The topological polar surface area (TPSA) is 83.1 Å². The van der Waals surface area contributed by atoms with Gasteiger partial charge in [0.25, 0.3) is 0 Å². The number of methoxy groups -OCH3 is 3. The molecule has 0 fully saturated rings. The molecule has 1 aliphatic heterocycles. The average molecular weight is 466 g/mol. The Balaban J connectivity index is 2.75. The zero-order chi connectivity index (χ0) is 21.7. The highest BCUT2D eigenvalue weighted by Crippen LogP contribution is 2.44. The molecule has 1 N–H and O–H groups in total. The van der Waals surface area contributed by atoms with Crippen molar-refractivity contribution in [1.29, 1.82) is 0 Å². The monoisotopic (exact) mass is 465 g/mol. The van der Waals surface area contributed by atoms with Crippen molar-refractivity contribution in [2.75, 3.05) is 27.9 Å². The van der Waals surface area contributed by atoms with Crippen LogP contribution in [0.15, 0.2) is 51.8 Å². The van der Waals surface area contributed by atoms with E-state index in [1.807, 2.05) is 0 Å². The third kappa shape index (κ3) is 4.48. The first kappa shape index (κ1) is 22.5. The van der Waals surface area contributed by atoms with E-state index in [9.17, 15) is 9.59 Å². The van der Waals surface area contributed by atoms with Crippen LogP contribution in [-0.4, -0.2) is 39.9 Å². The molecule has 0 aliphatic carbocycles. The van der Waals surface area contributed by atoms with E-state index in [1.54, 1.807) is 26.0 Å². The molecule has 8 heteroatoms. The Hall–Kier alpha value is -2.74. The minimum Gasteiger partial charge on any atom is -0.493 e. The summed E-state index contributed by atoms with van der Waals surface area (Å²) in [7, 11) is 4.34. The van der Waals surface area contributed by atoms with Crippen LogP contribution >= 0.6 is 15.9 Å². The molecule has 1 aromatic carbocycles. The van der Waals surface area contributed by atoms with Gasteiger partial charge in [0.2, 0.25) is 0 Å². The Kier molecular flexibility index (Phi) is 7.50. The van der Waals surface area contributed by atoms with Crippen molar-refractivity contribution < 1.29 is 28.5 Å². The first-order chi connectivity index (χ1) is 13.8. The number of rotatable bonds is 7. The predicted octanol–water partition coefficient (Wildman–Crippen LogP) is 3.60. The number of dihydropyridines is 1. The molecule has 1 unspecified atom stereocenters. The fraction of sp³-hybridized carbons (Fsp3) is 0.333. The van der Waals surface area contributed by atoms with E-state index in [2.05, 4.69) is 27.8 Å². The van der Waals surface area contributed by atoms with Crippen LogP contribution < -0.4 is 14.8 Å². The number of esters is 2. The average Bonchev–Trinajstić information content (AvgIpc) is 2.70. The van der Waals surface area contributed by atoms with E-state index in [-0.39, 0.29) is 6.61 Å². The highest BCUT2D eigenvalue weighted by atomic mass is 79.9. The number of nitrogens with one attached hydrogen (secondary N) is 1. The van der Waals surface area contributed by atoms with E-state index < -0.39 is 17.9 Å². The highest BCUT2D eigenvalue weighted by Gasteiger charge is 2.38. The second-order valence-corrected chi connectivity index (χ2v) is 7.11. The fourth-order valence-corrected chi connectivity index (χ4v) is 3.92. The highest BCUT2D eigenvalue weighted by molar-refractivity contribution is 9.10. The maximum atomic E-state index is 12.9. The minimum atomic E-state index is -0.725. The van der Waals surface area contributed by atoms with Gasteiger partial charge >= 0.3 is 11.9 Å². The fourth-order valence-electron chi connectivity index (χ4n) is 3.30. The number of halogens is 1. The van der Waals surface area contributed by atoms with Crippen molar-refractivity contribution in [2.24, 2.45) is 0 Å². The predicted molar refractivity (Wildman–Crippen MR) is 112 cm³/mol. The van der Waals surface area contributed by atoms with Gasteiger partial charge in [-0.25, -0.2) is 9.59 Å². The number of ether oxygens (including phenoxy) is 4. The summed E-state index contributed by atoms with van der Waals surface area (Å²) in [5.41, 5.74) is 2.42. The standard InChI is InChI=1S/C21H24BrNO6/c1-7-8-29-21(25)17-12(3)23-11(2)16(20(24)28-6)18(17)13-9-14(22)19(27-5)15(10-13)26-4/h7,9-10,18,23H,1,8H2,2-6H3. The van der Waals surface area contributed by atoms with Crippen LogP contribution in [0.3, 0.4) is 0 Å². The Morgan fingerprint density at radius 1 is 1.10 bits per heavy atom. The molecule has 1 atom stereocenters. The lowest BCUT2D eigenvalue weighted by Crippen LogP contribution is -2.32. The van der Waals surface area contributed by atoms with Gasteiger partial charge in [-0.1, -0.05) is 12.7 Å². The molecule has 0 saturated carbocycles. The number of benzene rings is 1. The Morgan fingerprint density at radius 2 is 1.72 bits per heavy atom. The zero-order valence-electron chi connectivity index (χ0n) is 17.1. The van der Waals surface area contributed by atoms with Gasteiger partial charge in [0.1, 0.15) is 6.61 Å². The van der Waals surface area contributed by atoms with Gasteiger partial charge in [-0.3, -0.25) is 0 Å². The smallest absolute Gasteiger partial charge is 0.337 e. The second-order valence-electron chi connectivity index (χ2n) is 6.25. The van der Waals surface area contributed by atoms with E-state index >= 15 is 0 Å². The molecule has 29 heavy (non-hydrogen) atoms. The number of carbonyl (C=O) groups is 2. The number of hydrogen-bond donors (Lipinski definition) is 1. The Morgan fingerprint density at radius 3 is 2.24 bits per heavy atom. The second kappa shape index (κ2) is 9.65. The molecular weight excluding hydrogens is 442 g/mol. The molecular formula is C21H24BrNO6. The summed E-state index contributed by atoms with van der Waals surface area (Å²) in [5, 5.41) is 3.08. The summed E-state index contributed by atoms with van der Waals surface area (Å²) in [6, 6.07) is 3.51. The first-order valence-corrected chi connectivity index (χ1v) is 9.56. The van der Waals surface area contributed by atoms with Crippen LogP contribution in [0.5, 0.6) is 11.5 Å². The van der Waals surface area contributed by atoms with Gasteiger partial charge in [-0.15, -0.1) is 0 Å². The van der Waals surface area contributed by atoms with Gasteiger partial charge in [0, 0.05) is 11.4 Å². The van der Waals surface area contributed by atoms with Crippen LogP contribution in [0.1, 0.15) is 25.3 Å². The lowest BCUT2D eigenvalue weighted by atomic mass is 9.80. The number of hydrogen-bond acceptors (Lipinski definition) is 7. The van der Waals surface area contributed by atoms with Crippen molar-refractivity contribution in [1.82, 2.24) is 5.32 Å². The summed E-state index contributed by atoms with van der Waals surface area (Å²) in [5.74, 6) is -0.875. The SMILES string of the molecule is C=CCOC(=O)C1=C(C)NC(C)=C(C(=O)OC)C1c1cc(Br)c(OC)c(OC)c1. The van der Waals surface area contributed by atoms with Gasteiger partial charge in [0.15, 0.2) is 11.5 Å². The van der Waals surface area contributed by atoms with E-state index in [0.29, 0.717) is 44.1 Å². The molecule has 0 radical (unpaired) electrons. The van der Waals surface area contributed by atoms with Crippen LogP contribution in [0.2, 0.25) is 0 Å². The van der Waals surface area contributed by atoms with Crippen LogP contribution in [-0.2, 0) is 19.1 Å². The molecule has 7 nitrogen and oxygen atoms in total. The number of carbonyl (C=O) groups excluding carboxylic acids is 2. The van der Waals surface area contributed by atoms with Crippen molar-refractivity contribution >= 4 is 27.9 Å². The quantitative estimate of drug-likeness (QED) is 0.486. The molecule has 1 aliphatic rings. The van der Waals surface area contributed by atoms with Crippen molar-refractivity contribution in [2.45, 2.75) is 19.8 Å². The summed E-state index contributed by atoms with van der Waals surface area (Å²) in [4.78, 5) is 25.5. The van der Waals surface area contributed by atoms with E-state index in [1.165, 1.54) is 27.4 Å². The molecule has 0 bridgehead atoms. The van der Waals surface area contributed by atoms with Gasteiger partial charge < -0.3 is 24.3 Å². The van der Waals surface area contributed by atoms with Crippen molar-refractivity contribution in [3.8, 4) is 11.5 Å². The summed E-state index contributed by atoms with van der Waals surface area (Å²) < 4.78 is 21.7. The molecule has 2 rings (SSSR count). The molecule has 0 aromatic heterocycles. The molecule has 0 amide bonds. The molecule has 0 saturated heterocycles. The minimum absolute atomic E-state index is 0.0498. The normalized spacial score (nSPS) is 16.1. The van der Waals surface area contributed by atoms with Gasteiger partial charge in [-0.05, 0) is 47.5 Å². The summed E-state index contributed by atoms with van der Waals surface area (Å²) in [6.45, 7) is 7.13. The lowest BCUT2D eigenvalue weighted by Gasteiger charge is -2.30. The third-order valence-electron chi connectivity index (χ3n) is 4.51. The van der Waals surface area contributed by atoms with E-state index in [4.69, 9.17) is 18.9 Å². The van der Waals surface area contributed by atoms with Crippen molar-refractivity contribution in [3.63, 3.8) is 0 Å². The van der Waals surface area contributed by atoms with Crippen LogP contribution in [0.4, 0.5) is 0 Å². The van der Waals surface area contributed by atoms with Crippen LogP contribution in [0.25, 0.3) is 0 Å². The first-order valence-electron chi connectivity index (χ1n) is 8.76. The Labute approximate surface area is 178 Å². The van der Waals surface area contributed by atoms with Crippen LogP contribution in [0, 0.1) is 0 Å². The molecule has 1 heterocycles. The van der Waals surface area contributed by atoms with Gasteiger partial charge in [0.05, 0.1) is 42.9 Å². The Bertz CT molecular complexity index is 903. The van der Waals surface area contributed by atoms with E-state index in [0.717, 1.165) is 0 Å². The zero-order valence-corrected chi connectivity index (χ0v) is 18.6. The summed E-state index contributed by atoms with van der Waals surface area (Å²) >= 11 is 3.47. The van der Waals surface area contributed by atoms with Crippen molar-refractivity contribution in [3.05, 3.63) is 57.4 Å².